The second-order valence-electron chi connectivity index (χ2n) is 7.78. The first-order valence-corrected chi connectivity index (χ1v) is 13.3. The SMILES string of the molecule is CCCCCCCCCCCCCCCCCCNP(N)(=O)NCCC. The van der Waals surface area contributed by atoms with Crippen molar-refractivity contribution in [1.29, 1.82) is 0 Å². The molecule has 1 atom stereocenters. The number of hydrogen-bond donors (Lipinski definition) is 3. The molecule has 4 N–H and O–H groups in total. The van der Waals surface area contributed by atoms with Gasteiger partial charge < -0.3 is 0 Å². The van der Waals surface area contributed by atoms with E-state index in [9.17, 15) is 4.57 Å². The van der Waals surface area contributed by atoms with Crippen LogP contribution < -0.4 is 15.7 Å². The topological polar surface area (TPSA) is 67.1 Å². The predicted octanol–water partition coefficient (Wildman–Crippen LogP) is 6.90. The summed E-state index contributed by atoms with van der Waals surface area (Å²) in [4.78, 5) is 0. The van der Waals surface area contributed by atoms with Crippen molar-refractivity contribution in [3.8, 4) is 0 Å². The summed E-state index contributed by atoms with van der Waals surface area (Å²) < 4.78 is 11.9. The lowest BCUT2D eigenvalue weighted by Gasteiger charge is -2.15. The van der Waals surface area contributed by atoms with E-state index in [0.717, 1.165) is 19.4 Å². The Balaban J connectivity index is 3.14. The lowest BCUT2D eigenvalue weighted by molar-refractivity contribution is 0.526. The van der Waals surface area contributed by atoms with Crippen LogP contribution in [0.1, 0.15) is 123 Å². The number of rotatable bonds is 21. The van der Waals surface area contributed by atoms with Gasteiger partial charge in [-0.25, -0.2) is 10.2 Å². The van der Waals surface area contributed by atoms with Crippen LogP contribution in [0.5, 0.6) is 0 Å². The summed E-state index contributed by atoms with van der Waals surface area (Å²) in [6.07, 6.45) is 22.9. The maximum Gasteiger partial charge on any atom is 0.276 e. The molecule has 0 rings (SSSR count). The van der Waals surface area contributed by atoms with Crippen LogP contribution in [-0.4, -0.2) is 13.1 Å². The van der Waals surface area contributed by atoms with Crippen molar-refractivity contribution < 1.29 is 4.57 Å². The van der Waals surface area contributed by atoms with Crippen molar-refractivity contribution in [2.45, 2.75) is 123 Å². The summed E-state index contributed by atoms with van der Waals surface area (Å²) in [5.41, 5.74) is 5.70. The van der Waals surface area contributed by atoms with Gasteiger partial charge in [-0.2, -0.15) is 0 Å². The van der Waals surface area contributed by atoms with Crippen LogP contribution in [0.4, 0.5) is 0 Å². The Bertz CT molecular complexity index is 326. The van der Waals surface area contributed by atoms with E-state index in [-0.39, 0.29) is 0 Å². The summed E-state index contributed by atoms with van der Waals surface area (Å²) in [6, 6.07) is 0. The molecule has 0 heterocycles. The van der Waals surface area contributed by atoms with Gasteiger partial charge in [-0.15, -0.1) is 0 Å². The van der Waals surface area contributed by atoms with E-state index >= 15 is 0 Å². The molecule has 158 valence electrons. The smallest absolute Gasteiger partial charge is 0.271 e. The number of unbranched alkanes of at least 4 members (excludes halogenated alkanes) is 15. The summed E-state index contributed by atoms with van der Waals surface area (Å²) in [7, 11) is -2.80. The van der Waals surface area contributed by atoms with Crippen molar-refractivity contribution in [2.24, 2.45) is 5.50 Å². The highest BCUT2D eigenvalue weighted by molar-refractivity contribution is 7.57. The Labute approximate surface area is 164 Å². The average molecular weight is 390 g/mol. The molecule has 0 aliphatic heterocycles. The minimum Gasteiger partial charge on any atom is -0.271 e. The zero-order chi connectivity index (χ0) is 19.3. The Kier molecular flexibility index (Phi) is 19.9. The fourth-order valence-electron chi connectivity index (χ4n) is 3.25. The third-order valence-electron chi connectivity index (χ3n) is 4.97. The normalized spacial score (nSPS) is 13.8. The van der Waals surface area contributed by atoms with Crippen molar-refractivity contribution in [1.82, 2.24) is 10.2 Å². The Hall–Kier alpha value is 0.110. The Morgan fingerprint density at radius 1 is 0.538 bits per heavy atom. The van der Waals surface area contributed by atoms with Crippen LogP contribution in [0, 0.1) is 0 Å². The molecule has 1 unspecified atom stereocenters. The van der Waals surface area contributed by atoms with Gasteiger partial charge in [0.15, 0.2) is 0 Å². The highest BCUT2D eigenvalue weighted by atomic mass is 31.2. The molecule has 0 aromatic carbocycles. The minimum atomic E-state index is -2.80. The fourth-order valence-corrected chi connectivity index (χ4v) is 4.41. The molecule has 0 aromatic rings. The fraction of sp³-hybridized carbons (Fsp3) is 1.00. The van der Waals surface area contributed by atoms with Crippen molar-refractivity contribution >= 4 is 7.59 Å². The lowest BCUT2D eigenvalue weighted by Crippen LogP contribution is -2.28. The van der Waals surface area contributed by atoms with Gasteiger partial charge >= 0.3 is 0 Å². The molecule has 0 aliphatic carbocycles. The van der Waals surface area contributed by atoms with E-state index in [4.69, 9.17) is 5.50 Å². The van der Waals surface area contributed by atoms with Crippen LogP contribution >= 0.6 is 7.59 Å². The molecular formula is C21H48N3OP. The average Bonchev–Trinajstić information content (AvgIpc) is 2.62. The van der Waals surface area contributed by atoms with Gasteiger partial charge in [-0.05, 0) is 12.8 Å². The predicted molar refractivity (Wildman–Crippen MR) is 118 cm³/mol. The molecule has 5 heteroatoms. The van der Waals surface area contributed by atoms with Crippen LogP contribution in [0.3, 0.4) is 0 Å². The standard InChI is InChI=1S/C21H48N3OP/c1-3-5-6-7-8-9-10-11-12-13-14-15-16-17-18-19-21-24-26(22,25)23-20-4-2/h3-21H2,1-2H3,(H4,22,23,24,25). The van der Waals surface area contributed by atoms with Crippen molar-refractivity contribution in [2.75, 3.05) is 13.1 Å². The van der Waals surface area contributed by atoms with E-state index < -0.39 is 7.59 Å². The van der Waals surface area contributed by atoms with E-state index in [2.05, 4.69) is 17.1 Å². The first-order valence-electron chi connectivity index (χ1n) is 11.5. The second-order valence-corrected chi connectivity index (χ2v) is 9.73. The van der Waals surface area contributed by atoms with E-state index in [1.54, 1.807) is 0 Å². The van der Waals surface area contributed by atoms with E-state index in [1.807, 2.05) is 6.92 Å². The van der Waals surface area contributed by atoms with Crippen LogP contribution in [0.2, 0.25) is 0 Å². The number of nitrogens with one attached hydrogen (secondary N) is 2. The Morgan fingerprint density at radius 3 is 1.27 bits per heavy atom. The van der Waals surface area contributed by atoms with Gasteiger partial charge in [-0.3, -0.25) is 10.1 Å². The highest BCUT2D eigenvalue weighted by Gasteiger charge is 2.11. The van der Waals surface area contributed by atoms with E-state index in [0.29, 0.717) is 6.54 Å². The molecule has 0 saturated carbocycles. The first-order chi connectivity index (χ1) is 12.6. The van der Waals surface area contributed by atoms with Gasteiger partial charge in [0, 0.05) is 13.1 Å². The van der Waals surface area contributed by atoms with Gasteiger partial charge in [0.2, 0.25) is 0 Å². The summed E-state index contributed by atoms with van der Waals surface area (Å²) in [5, 5.41) is 5.85. The largest absolute Gasteiger partial charge is 0.276 e. The Morgan fingerprint density at radius 2 is 0.885 bits per heavy atom. The molecule has 4 nitrogen and oxygen atoms in total. The highest BCUT2D eigenvalue weighted by Crippen LogP contribution is 2.23. The summed E-state index contributed by atoms with van der Waals surface area (Å²) >= 11 is 0. The molecular weight excluding hydrogens is 341 g/mol. The van der Waals surface area contributed by atoms with Crippen LogP contribution in [-0.2, 0) is 4.57 Å². The maximum absolute atomic E-state index is 11.9. The van der Waals surface area contributed by atoms with Crippen LogP contribution in [0.25, 0.3) is 0 Å². The second kappa shape index (κ2) is 19.9. The molecule has 0 radical (unpaired) electrons. The molecule has 0 amide bonds. The van der Waals surface area contributed by atoms with E-state index in [1.165, 1.54) is 96.3 Å². The van der Waals surface area contributed by atoms with Gasteiger partial charge in [0.25, 0.3) is 7.59 Å². The zero-order valence-electron chi connectivity index (χ0n) is 17.9. The molecule has 0 spiro atoms. The lowest BCUT2D eigenvalue weighted by atomic mass is 10.0. The quantitative estimate of drug-likeness (QED) is 0.147. The zero-order valence-corrected chi connectivity index (χ0v) is 18.8. The third kappa shape index (κ3) is 20.4. The van der Waals surface area contributed by atoms with Gasteiger partial charge in [-0.1, -0.05) is 110 Å². The minimum absolute atomic E-state index is 0.708. The molecule has 0 saturated heterocycles. The summed E-state index contributed by atoms with van der Waals surface area (Å²) in [5.74, 6) is 0. The van der Waals surface area contributed by atoms with Crippen molar-refractivity contribution in [3.63, 3.8) is 0 Å². The number of nitrogens with two attached hydrogens (primary N) is 1. The van der Waals surface area contributed by atoms with Crippen LogP contribution in [0.15, 0.2) is 0 Å². The van der Waals surface area contributed by atoms with Gasteiger partial charge in [0.1, 0.15) is 0 Å². The molecule has 0 bridgehead atoms. The van der Waals surface area contributed by atoms with Gasteiger partial charge in [0.05, 0.1) is 0 Å². The molecule has 26 heavy (non-hydrogen) atoms. The summed E-state index contributed by atoms with van der Waals surface area (Å²) in [6.45, 7) is 5.79. The monoisotopic (exact) mass is 389 g/mol. The molecule has 0 aliphatic rings. The number of hydrogen-bond acceptors (Lipinski definition) is 1. The van der Waals surface area contributed by atoms with Crippen molar-refractivity contribution in [3.05, 3.63) is 0 Å². The third-order valence-corrected chi connectivity index (χ3v) is 6.36. The maximum atomic E-state index is 11.9. The first kappa shape index (κ1) is 26.1. The molecule has 0 fully saturated rings. The molecule has 0 aromatic heterocycles.